The lowest BCUT2D eigenvalue weighted by molar-refractivity contribution is 0.0952. The van der Waals surface area contributed by atoms with Crippen LogP contribution in [0.4, 0.5) is 0 Å². The number of pyridine rings is 1. The summed E-state index contributed by atoms with van der Waals surface area (Å²) in [6.45, 7) is 10.6. The third-order valence-electron chi connectivity index (χ3n) is 4.41. The average molecular weight is 375 g/mol. The summed E-state index contributed by atoms with van der Waals surface area (Å²) >= 11 is 0. The van der Waals surface area contributed by atoms with Gasteiger partial charge in [-0.05, 0) is 31.9 Å². The van der Waals surface area contributed by atoms with Crippen molar-refractivity contribution in [3.8, 4) is 0 Å². The zero-order chi connectivity index (χ0) is 20.3. The first-order valence-corrected chi connectivity index (χ1v) is 9.28. The molecule has 0 aliphatic carbocycles. The zero-order valence-corrected chi connectivity index (χ0v) is 16.8. The fraction of sp³-hybridized carbons (Fsp3) is 0.579. The lowest BCUT2D eigenvalue weighted by atomic mass is 10.0. The molecule has 2 heterocycles. The van der Waals surface area contributed by atoms with Gasteiger partial charge in [-0.25, -0.2) is 9.78 Å². The van der Waals surface area contributed by atoms with E-state index in [-0.39, 0.29) is 40.4 Å². The highest BCUT2D eigenvalue weighted by Crippen LogP contribution is 2.20. The Morgan fingerprint density at radius 1 is 1.22 bits per heavy atom. The number of carbonyl (C=O) groups is 1. The van der Waals surface area contributed by atoms with Gasteiger partial charge in [-0.3, -0.25) is 19.1 Å². The molecule has 1 amide bonds. The second kappa shape index (κ2) is 8.47. The number of rotatable bonds is 7. The van der Waals surface area contributed by atoms with Crippen molar-refractivity contribution in [2.45, 2.75) is 53.1 Å². The molecule has 0 saturated carbocycles. The molecule has 2 aromatic rings. The van der Waals surface area contributed by atoms with E-state index in [9.17, 15) is 14.4 Å². The van der Waals surface area contributed by atoms with Crippen molar-refractivity contribution >= 4 is 16.9 Å². The number of aromatic nitrogens is 3. The monoisotopic (exact) mass is 375 g/mol. The average Bonchev–Trinajstić information content (AvgIpc) is 2.61. The fourth-order valence-electron chi connectivity index (χ4n) is 2.75. The molecule has 0 aliphatic heterocycles. The van der Waals surface area contributed by atoms with E-state index in [2.05, 4.69) is 20.6 Å². The maximum absolute atomic E-state index is 12.8. The Hall–Kier alpha value is -2.48. The zero-order valence-electron chi connectivity index (χ0n) is 16.8. The fourth-order valence-corrected chi connectivity index (χ4v) is 2.75. The van der Waals surface area contributed by atoms with Gasteiger partial charge in [0.2, 0.25) is 0 Å². The van der Waals surface area contributed by atoms with Gasteiger partial charge in [-0.1, -0.05) is 27.7 Å². The van der Waals surface area contributed by atoms with Gasteiger partial charge >= 0.3 is 5.69 Å². The first-order valence-electron chi connectivity index (χ1n) is 9.28. The third kappa shape index (κ3) is 4.63. The molecule has 0 aliphatic rings. The number of likely N-dealkylation sites (N-methyl/N-ethyl adjacent to an activating group) is 1. The topological polar surface area (TPSA) is 109 Å². The van der Waals surface area contributed by atoms with Crippen molar-refractivity contribution in [1.82, 2.24) is 25.2 Å². The van der Waals surface area contributed by atoms with E-state index in [4.69, 9.17) is 0 Å². The minimum Gasteiger partial charge on any atom is -0.350 e. The molecular weight excluding hydrogens is 346 g/mol. The molecule has 148 valence electrons. The number of H-pyrrole nitrogens is 1. The Balaban J connectivity index is 2.73. The van der Waals surface area contributed by atoms with Crippen LogP contribution in [0.25, 0.3) is 11.0 Å². The number of hydrogen-bond acceptors (Lipinski definition) is 5. The lowest BCUT2D eigenvalue weighted by Crippen LogP contribution is -2.38. The Morgan fingerprint density at radius 3 is 2.44 bits per heavy atom. The highest BCUT2D eigenvalue weighted by atomic mass is 16.2. The van der Waals surface area contributed by atoms with Gasteiger partial charge < -0.3 is 10.6 Å². The van der Waals surface area contributed by atoms with Gasteiger partial charge in [0.1, 0.15) is 0 Å². The number of nitrogens with one attached hydrogen (secondary N) is 3. The standard InChI is InChI=1S/C19H29N5O3/c1-10(2)9-24-16-15(18(26)23-19(24)27)13(7-14(22-16)11(3)4)17(25)21-8-12(5)20-6/h7,10-12,20H,8-9H2,1-6H3,(H,21,25)(H,23,26,27). The molecule has 1 atom stereocenters. The van der Waals surface area contributed by atoms with Crippen molar-refractivity contribution < 1.29 is 4.79 Å². The van der Waals surface area contributed by atoms with E-state index in [0.717, 1.165) is 0 Å². The summed E-state index contributed by atoms with van der Waals surface area (Å²) in [5.74, 6) is -0.138. The van der Waals surface area contributed by atoms with Crippen LogP contribution in [0.1, 0.15) is 56.6 Å². The summed E-state index contributed by atoms with van der Waals surface area (Å²) < 4.78 is 1.44. The van der Waals surface area contributed by atoms with Crippen molar-refractivity contribution in [3.63, 3.8) is 0 Å². The quantitative estimate of drug-likeness (QED) is 0.674. The second-order valence-electron chi connectivity index (χ2n) is 7.61. The number of carbonyl (C=O) groups excluding carboxylic acids is 1. The maximum atomic E-state index is 12.8. The van der Waals surface area contributed by atoms with Crippen molar-refractivity contribution in [3.05, 3.63) is 38.2 Å². The summed E-state index contributed by atoms with van der Waals surface area (Å²) in [5, 5.41) is 6.04. The Kier molecular flexibility index (Phi) is 6.54. The first kappa shape index (κ1) is 20.8. The molecule has 8 heteroatoms. The van der Waals surface area contributed by atoms with E-state index in [1.54, 1.807) is 6.07 Å². The van der Waals surface area contributed by atoms with Crippen LogP contribution in [0.3, 0.4) is 0 Å². The van der Waals surface area contributed by atoms with Crippen LogP contribution < -0.4 is 21.9 Å². The van der Waals surface area contributed by atoms with Gasteiger partial charge in [0, 0.05) is 24.8 Å². The summed E-state index contributed by atoms with van der Waals surface area (Å²) in [5.41, 5.74) is 0.0624. The SMILES string of the molecule is CNC(C)CNC(=O)c1cc(C(C)C)nc2c1c(=O)[nH]c(=O)n2CC(C)C. The summed E-state index contributed by atoms with van der Waals surface area (Å²) in [4.78, 5) is 44.6. The Bertz CT molecular complexity index is 943. The number of fused-ring (bicyclic) bond motifs is 1. The summed E-state index contributed by atoms with van der Waals surface area (Å²) in [7, 11) is 1.81. The summed E-state index contributed by atoms with van der Waals surface area (Å²) in [6, 6.07) is 1.73. The van der Waals surface area contributed by atoms with Gasteiger partial charge in [-0.15, -0.1) is 0 Å². The molecule has 2 aromatic heterocycles. The van der Waals surface area contributed by atoms with E-state index < -0.39 is 11.2 Å². The molecule has 0 spiro atoms. The van der Waals surface area contributed by atoms with Crippen LogP contribution in [0.2, 0.25) is 0 Å². The molecule has 3 N–H and O–H groups in total. The van der Waals surface area contributed by atoms with Crippen LogP contribution in [0.15, 0.2) is 15.7 Å². The second-order valence-corrected chi connectivity index (χ2v) is 7.61. The number of nitrogens with zero attached hydrogens (tertiary/aromatic N) is 2. The Labute approximate surface area is 158 Å². The van der Waals surface area contributed by atoms with E-state index >= 15 is 0 Å². The lowest BCUT2D eigenvalue weighted by Gasteiger charge is -2.16. The number of amides is 1. The van der Waals surface area contributed by atoms with Crippen LogP contribution >= 0.6 is 0 Å². The number of aromatic amines is 1. The van der Waals surface area contributed by atoms with Crippen molar-refractivity contribution in [2.75, 3.05) is 13.6 Å². The van der Waals surface area contributed by atoms with E-state index in [0.29, 0.717) is 18.8 Å². The van der Waals surface area contributed by atoms with Crippen LogP contribution in [0, 0.1) is 5.92 Å². The normalized spacial score (nSPS) is 12.7. The molecule has 8 nitrogen and oxygen atoms in total. The van der Waals surface area contributed by atoms with Gasteiger partial charge in [0.15, 0.2) is 5.65 Å². The third-order valence-corrected chi connectivity index (χ3v) is 4.41. The molecule has 0 fully saturated rings. The highest BCUT2D eigenvalue weighted by Gasteiger charge is 2.21. The largest absolute Gasteiger partial charge is 0.350 e. The molecule has 0 radical (unpaired) electrons. The molecule has 2 rings (SSSR count). The van der Waals surface area contributed by atoms with Gasteiger partial charge in [0.05, 0.1) is 10.9 Å². The van der Waals surface area contributed by atoms with Crippen LogP contribution in [0.5, 0.6) is 0 Å². The first-order chi connectivity index (χ1) is 12.6. The highest BCUT2D eigenvalue weighted by molar-refractivity contribution is 6.05. The van der Waals surface area contributed by atoms with Gasteiger partial charge in [-0.2, -0.15) is 0 Å². The van der Waals surface area contributed by atoms with Gasteiger partial charge in [0.25, 0.3) is 11.5 Å². The molecule has 1 unspecified atom stereocenters. The van der Waals surface area contributed by atoms with E-state index in [1.807, 2.05) is 41.7 Å². The molecule has 27 heavy (non-hydrogen) atoms. The Morgan fingerprint density at radius 2 is 1.89 bits per heavy atom. The molecule has 0 aromatic carbocycles. The maximum Gasteiger partial charge on any atom is 0.330 e. The van der Waals surface area contributed by atoms with Crippen molar-refractivity contribution in [2.24, 2.45) is 5.92 Å². The predicted molar refractivity (Wildman–Crippen MR) is 106 cm³/mol. The minimum absolute atomic E-state index is 0.0408. The predicted octanol–water partition coefficient (Wildman–Crippen LogP) is 1.20. The number of hydrogen-bond donors (Lipinski definition) is 3. The molecule has 0 saturated heterocycles. The van der Waals surface area contributed by atoms with Crippen LogP contribution in [-0.4, -0.2) is 40.1 Å². The minimum atomic E-state index is -0.593. The van der Waals surface area contributed by atoms with E-state index in [1.165, 1.54) is 4.57 Å². The smallest absolute Gasteiger partial charge is 0.330 e. The molecule has 0 bridgehead atoms. The van der Waals surface area contributed by atoms with Crippen molar-refractivity contribution in [1.29, 1.82) is 0 Å². The molecular formula is C19H29N5O3. The van der Waals surface area contributed by atoms with Crippen LogP contribution in [-0.2, 0) is 6.54 Å². The summed E-state index contributed by atoms with van der Waals surface area (Å²) in [6.07, 6.45) is 0.